The average Bonchev–Trinajstić information content (AvgIpc) is 3.23. The topological polar surface area (TPSA) is 48.7 Å². The molecule has 0 aliphatic rings. The molecule has 6 heteroatoms. The van der Waals surface area contributed by atoms with Crippen molar-refractivity contribution in [1.29, 1.82) is 0 Å². The Labute approximate surface area is 168 Å². The summed E-state index contributed by atoms with van der Waals surface area (Å²) in [6.07, 6.45) is 4.74. The Bertz CT molecular complexity index is 1080. The van der Waals surface area contributed by atoms with Gasteiger partial charge in [-0.1, -0.05) is 42.1 Å². The van der Waals surface area contributed by atoms with Crippen LogP contribution >= 0.6 is 11.8 Å². The summed E-state index contributed by atoms with van der Waals surface area (Å²) in [7, 11) is 3.27. The first-order valence-electron chi connectivity index (χ1n) is 9.01. The van der Waals surface area contributed by atoms with Crippen molar-refractivity contribution in [3.63, 3.8) is 0 Å². The van der Waals surface area contributed by atoms with E-state index in [0.29, 0.717) is 11.5 Å². The molecule has 0 bridgehead atoms. The molecule has 0 aliphatic heterocycles. The van der Waals surface area contributed by atoms with E-state index in [2.05, 4.69) is 29.2 Å². The molecular weight excluding hydrogens is 370 g/mol. The number of ether oxygens (including phenoxy) is 2. The highest BCUT2D eigenvalue weighted by Crippen LogP contribution is 2.33. The number of hydrogen-bond acceptors (Lipinski definition) is 5. The van der Waals surface area contributed by atoms with Gasteiger partial charge in [-0.2, -0.15) is 0 Å². The summed E-state index contributed by atoms with van der Waals surface area (Å²) in [6, 6.07) is 18.3. The fourth-order valence-electron chi connectivity index (χ4n) is 3.05. The summed E-state index contributed by atoms with van der Waals surface area (Å²) in [5, 5.41) is 0.927. The number of rotatable bonds is 7. The van der Waals surface area contributed by atoms with E-state index in [4.69, 9.17) is 14.5 Å². The molecule has 4 rings (SSSR count). The van der Waals surface area contributed by atoms with Crippen LogP contribution < -0.4 is 9.47 Å². The lowest BCUT2D eigenvalue weighted by molar-refractivity contribution is 0.355. The molecule has 2 heterocycles. The number of imidazole rings is 1. The number of nitrogens with zero attached hydrogens (tertiary/aromatic N) is 3. The van der Waals surface area contributed by atoms with Gasteiger partial charge in [0.15, 0.2) is 16.7 Å². The minimum atomic E-state index is 0.684. The molecule has 0 saturated heterocycles. The average molecular weight is 391 g/mol. The zero-order valence-corrected chi connectivity index (χ0v) is 16.6. The second-order valence-corrected chi connectivity index (χ2v) is 7.30. The van der Waals surface area contributed by atoms with Crippen LogP contribution in [0.2, 0.25) is 0 Å². The van der Waals surface area contributed by atoms with Crippen molar-refractivity contribution in [2.75, 3.05) is 20.0 Å². The third kappa shape index (κ3) is 3.82. The maximum Gasteiger partial charge on any atom is 0.174 e. The number of methoxy groups -OCH3 is 2. The largest absolute Gasteiger partial charge is 0.493 e. The maximum atomic E-state index is 5.44. The van der Waals surface area contributed by atoms with Crippen LogP contribution in [0.4, 0.5) is 0 Å². The summed E-state index contributed by atoms with van der Waals surface area (Å²) in [6.45, 7) is 0. The predicted molar refractivity (Wildman–Crippen MR) is 112 cm³/mol. The molecule has 2 aromatic heterocycles. The monoisotopic (exact) mass is 391 g/mol. The molecule has 142 valence electrons. The van der Waals surface area contributed by atoms with Gasteiger partial charge in [0.1, 0.15) is 5.65 Å². The van der Waals surface area contributed by atoms with Crippen LogP contribution in [0.1, 0.15) is 5.56 Å². The molecule has 0 atom stereocenters. The summed E-state index contributed by atoms with van der Waals surface area (Å²) in [5.74, 6) is 2.33. The molecule has 0 fully saturated rings. The third-order valence-corrected chi connectivity index (χ3v) is 5.46. The highest BCUT2D eigenvalue weighted by molar-refractivity contribution is 7.99. The number of aromatic nitrogens is 3. The highest BCUT2D eigenvalue weighted by Gasteiger charge is 2.12. The van der Waals surface area contributed by atoms with Crippen molar-refractivity contribution in [2.45, 2.75) is 11.6 Å². The Morgan fingerprint density at radius 2 is 1.79 bits per heavy atom. The summed E-state index contributed by atoms with van der Waals surface area (Å²) in [4.78, 5) is 9.36. The number of thioether (sulfide) groups is 1. The third-order valence-electron chi connectivity index (χ3n) is 4.50. The van der Waals surface area contributed by atoms with Crippen molar-refractivity contribution in [3.8, 4) is 22.8 Å². The van der Waals surface area contributed by atoms with E-state index in [0.717, 1.165) is 34.2 Å². The quantitative estimate of drug-likeness (QED) is 0.336. The Balaban J connectivity index is 1.63. The molecule has 4 aromatic rings. The molecule has 0 radical (unpaired) electrons. The second-order valence-electron chi connectivity index (χ2n) is 6.23. The van der Waals surface area contributed by atoms with Crippen LogP contribution in [0.25, 0.3) is 16.9 Å². The molecule has 0 amide bonds. The maximum absolute atomic E-state index is 5.44. The molecule has 2 aromatic carbocycles. The number of fused-ring (bicyclic) bond motifs is 1. The highest BCUT2D eigenvalue weighted by atomic mass is 32.2. The molecule has 5 nitrogen and oxygen atoms in total. The van der Waals surface area contributed by atoms with Crippen LogP contribution in [0.15, 0.2) is 72.1 Å². The number of hydrogen-bond donors (Lipinski definition) is 0. The number of benzene rings is 2. The van der Waals surface area contributed by atoms with Crippen molar-refractivity contribution >= 4 is 17.4 Å². The Morgan fingerprint density at radius 3 is 2.57 bits per heavy atom. The SMILES string of the molecule is COc1ccc(-c2cc3nccn3c(SCCc3ccccc3)n2)cc1OC. The van der Waals surface area contributed by atoms with Crippen LogP contribution in [0.3, 0.4) is 0 Å². The van der Waals surface area contributed by atoms with Gasteiger partial charge in [0.2, 0.25) is 0 Å². The van der Waals surface area contributed by atoms with Gasteiger partial charge in [0.05, 0.1) is 19.9 Å². The van der Waals surface area contributed by atoms with Gasteiger partial charge < -0.3 is 9.47 Å². The van der Waals surface area contributed by atoms with E-state index in [1.807, 2.05) is 40.9 Å². The van der Waals surface area contributed by atoms with Gasteiger partial charge >= 0.3 is 0 Å². The summed E-state index contributed by atoms with van der Waals surface area (Å²) in [5.41, 5.74) is 4.03. The number of aryl methyl sites for hydroxylation is 1. The van der Waals surface area contributed by atoms with Gasteiger partial charge in [0.25, 0.3) is 0 Å². The van der Waals surface area contributed by atoms with Gasteiger partial charge in [-0.3, -0.25) is 4.40 Å². The molecule has 0 N–H and O–H groups in total. The van der Waals surface area contributed by atoms with Crippen molar-refractivity contribution < 1.29 is 9.47 Å². The fourth-order valence-corrected chi connectivity index (χ4v) is 4.02. The van der Waals surface area contributed by atoms with Gasteiger partial charge in [-0.15, -0.1) is 0 Å². The van der Waals surface area contributed by atoms with Crippen LogP contribution in [-0.4, -0.2) is 34.3 Å². The summed E-state index contributed by atoms with van der Waals surface area (Å²) >= 11 is 1.73. The van der Waals surface area contributed by atoms with E-state index < -0.39 is 0 Å². The van der Waals surface area contributed by atoms with Crippen LogP contribution in [0, 0.1) is 0 Å². The first kappa shape index (κ1) is 18.4. The van der Waals surface area contributed by atoms with Crippen LogP contribution in [0.5, 0.6) is 11.5 Å². The zero-order chi connectivity index (χ0) is 19.3. The normalized spacial score (nSPS) is 10.9. The lowest BCUT2D eigenvalue weighted by Gasteiger charge is -2.11. The smallest absolute Gasteiger partial charge is 0.174 e. The standard InChI is InChI=1S/C22H21N3O2S/c1-26-19-9-8-17(14-20(19)27-2)18-15-21-23-11-12-25(21)22(24-18)28-13-10-16-6-4-3-5-7-16/h3-9,11-12,14-15H,10,13H2,1-2H3. The van der Waals surface area contributed by atoms with Crippen molar-refractivity contribution in [3.05, 3.63) is 72.6 Å². The molecular formula is C22H21N3O2S. The van der Waals surface area contributed by atoms with Crippen LogP contribution in [-0.2, 0) is 6.42 Å². The predicted octanol–water partition coefficient (Wildman–Crippen LogP) is 4.75. The van der Waals surface area contributed by atoms with Gasteiger partial charge in [-0.05, 0) is 30.2 Å². The minimum Gasteiger partial charge on any atom is -0.493 e. The molecule has 0 saturated carbocycles. The van der Waals surface area contributed by atoms with E-state index >= 15 is 0 Å². The molecule has 0 unspecified atom stereocenters. The molecule has 28 heavy (non-hydrogen) atoms. The summed E-state index contributed by atoms with van der Waals surface area (Å²) < 4.78 is 12.8. The first-order chi connectivity index (χ1) is 13.8. The second kappa shape index (κ2) is 8.35. The van der Waals surface area contributed by atoms with E-state index in [9.17, 15) is 0 Å². The minimum absolute atomic E-state index is 0.684. The Hall–Kier alpha value is -2.99. The zero-order valence-electron chi connectivity index (χ0n) is 15.8. The Morgan fingerprint density at radius 1 is 0.964 bits per heavy atom. The van der Waals surface area contributed by atoms with Crippen molar-refractivity contribution in [2.24, 2.45) is 0 Å². The Kier molecular flexibility index (Phi) is 5.48. The first-order valence-corrected chi connectivity index (χ1v) is 10.0. The van der Waals surface area contributed by atoms with Gasteiger partial charge in [-0.25, -0.2) is 9.97 Å². The van der Waals surface area contributed by atoms with E-state index in [1.54, 1.807) is 32.2 Å². The van der Waals surface area contributed by atoms with E-state index in [-0.39, 0.29) is 0 Å². The van der Waals surface area contributed by atoms with E-state index in [1.165, 1.54) is 5.56 Å². The lowest BCUT2D eigenvalue weighted by Crippen LogP contribution is -1.99. The lowest BCUT2D eigenvalue weighted by atomic mass is 10.1. The fraction of sp³-hybridized carbons (Fsp3) is 0.182. The molecule has 0 aliphatic carbocycles. The molecule has 0 spiro atoms. The van der Waals surface area contributed by atoms with Gasteiger partial charge in [0, 0.05) is 29.8 Å². The van der Waals surface area contributed by atoms with Crippen molar-refractivity contribution in [1.82, 2.24) is 14.4 Å².